The second kappa shape index (κ2) is 6.46. The lowest BCUT2D eigenvalue weighted by atomic mass is 10.2. The third-order valence-corrected chi connectivity index (χ3v) is 4.41. The molecule has 3 aromatic rings. The monoisotopic (exact) mass is 376 g/mol. The molecule has 6 heteroatoms. The van der Waals surface area contributed by atoms with E-state index >= 15 is 0 Å². The number of anilines is 1. The summed E-state index contributed by atoms with van der Waals surface area (Å²) in [6, 6.07) is 13.4. The molecule has 0 radical (unpaired) electrons. The fourth-order valence-electron chi connectivity index (χ4n) is 1.89. The van der Waals surface area contributed by atoms with E-state index in [1.54, 1.807) is 0 Å². The number of amides is 1. The molecule has 0 bridgehead atoms. The maximum Gasteiger partial charge on any atom is 0.264 e. The van der Waals surface area contributed by atoms with Gasteiger partial charge in [0.1, 0.15) is 5.75 Å². The molecule has 0 saturated heterocycles. The van der Waals surface area contributed by atoms with Crippen LogP contribution in [-0.4, -0.2) is 17.5 Å². The Morgan fingerprint density at radius 2 is 2.05 bits per heavy atom. The van der Waals surface area contributed by atoms with Crippen LogP contribution in [0.1, 0.15) is 5.56 Å². The number of aryl methyl sites for hydroxylation is 1. The summed E-state index contributed by atoms with van der Waals surface area (Å²) in [6.45, 7) is 1.96. The number of ether oxygens (including phenoxy) is 1. The van der Waals surface area contributed by atoms with Crippen molar-refractivity contribution in [2.45, 2.75) is 6.92 Å². The third kappa shape index (κ3) is 3.64. The summed E-state index contributed by atoms with van der Waals surface area (Å²) in [4.78, 5) is 16.3. The molecule has 1 aromatic heterocycles. The Morgan fingerprint density at radius 1 is 1.27 bits per heavy atom. The number of fused-ring (bicyclic) bond motifs is 1. The van der Waals surface area contributed by atoms with Crippen LogP contribution in [0.3, 0.4) is 0 Å². The van der Waals surface area contributed by atoms with Crippen LogP contribution in [0.4, 0.5) is 5.13 Å². The smallest absolute Gasteiger partial charge is 0.264 e. The number of carbonyl (C=O) groups excluding carboxylic acids is 1. The summed E-state index contributed by atoms with van der Waals surface area (Å²) in [5, 5.41) is 3.34. The van der Waals surface area contributed by atoms with Gasteiger partial charge in [-0.25, -0.2) is 4.98 Å². The van der Waals surface area contributed by atoms with E-state index in [0.717, 1.165) is 20.3 Å². The molecular formula is C16H13BrN2O2S. The zero-order chi connectivity index (χ0) is 15.5. The van der Waals surface area contributed by atoms with Crippen molar-refractivity contribution in [2.24, 2.45) is 0 Å². The Bertz CT molecular complexity index is 815. The van der Waals surface area contributed by atoms with Crippen LogP contribution in [0.5, 0.6) is 5.75 Å². The Kier molecular flexibility index (Phi) is 4.40. The predicted octanol–water partition coefficient (Wildman–Crippen LogP) is 4.38. The van der Waals surface area contributed by atoms with Gasteiger partial charge < -0.3 is 4.74 Å². The lowest BCUT2D eigenvalue weighted by Crippen LogP contribution is -2.19. The van der Waals surface area contributed by atoms with Crippen molar-refractivity contribution < 1.29 is 9.53 Å². The summed E-state index contributed by atoms with van der Waals surface area (Å²) in [5.74, 6) is 0.452. The number of carbonyl (C=O) groups is 1. The average Bonchev–Trinajstić information content (AvgIpc) is 2.88. The Hall–Kier alpha value is -1.92. The molecule has 0 spiro atoms. The van der Waals surface area contributed by atoms with Crippen molar-refractivity contribution in [3.8, 4) is 5.75 Å². The molecule has 0 atom stereocenters. The molecule has 3 rings (SSSR count). The van der Waals surface area contributed by atoms with E-state index in [-0.39, 0.29) is 12.5 Å². The largest absolute Gasteiger partial charge is 0.484 e. The highest BCUT2D eigenvalue weighted by Crippen LogP contribution is 2.28. The Labute approximate surface area is 140 Å². The van der Waals surface area contributed by atoms with Crippen LogP contribution in [0, 0.1) is 6.92 Å². The van der Waals surface area contributed by atoms with Crippen molar-refractivity contribution in [3.05, 3.63) is 52.5 Å². The molecule has 22 heavy (non-hydrogen) atoms. The minimum absolute atomic E-state index is 0.0390. The summed E-state index contributed by atoms with van der Waals surface area (Å²) in [5.41, 5.74) is 2.01. The lowest BCUT2D eigenvalue weighted by molar-refractivity contribution is -0.118. The second-order valence-corrected chi connectivity index (χ2v) is 6.73. The highest BCUT2D eigenvalue weighted by Gasteiger charge is 2.09. The molecule has 0 fully saturated rings. The number of aromatic nitrogens is 1. The van der Waals surface area contributed by atoms with Gasteiger partial charge in [0.05, 0.1) is 10.2 Å². The minimum atomic E-state index is -0.223. The van der Waals surface area contributed by atoms with E-state index in [4.69, 9.17) is 4.74 Å². The van der Waals surface area contributed by atoms with Gasteiger partial charge in [0.25, 0.3) is 5.91 Å². The van der Waals surface area contributed by atoms with E-state index in [1.807, 2.05) is 49.4 Å². The van der Waals surface area contributed by atoms with Crippen LogP contribution in [0.2, 0.25) is 0 Å². The highest BCUT2D eigenvalue weighted by molar-refractivity contribution is 9.10. The van der Waals surface area contributed by atoms with Gasteiger partial charge in [0.2, 0.25) is 0 Å². The van der Waals surface area contributed by atoms with Gasteiger partial charge in [-0.3, -0.25) is 10.1 Å². The number of benzene rings is 2. The number of nitrogens with zero attached hydrogens (tertiary/aromatic N) is 1. The number of nitrogens with one attached hydrogen (secondary N) is 1. The maximum atomic E-state index is 11.9. The minimum Gasteiger partial charge on any atom is -0.484 e. The lowest BCUT2D eigenvalue weighted by Gasteiger charge is -2.05. The van der Waals surface area contributed by atoms with Crippen molar-refractivity contribution in [1.82, 2.24) is 4.98 Å². The first-order chi connectivity index (χ1) is 10.6. The van der Waals surface area contributed by atoms with Crippen molar-refractivity contribution in [1.29, 1.82) is 0 Å². The third-order valence-electron chi connectivity index (χ3n) is 2.99. The van der Waals surface area contributed by atoms with Gasteiger partial charge in [-0.2, -0.15) is 0 Å². The van der Waals surface area contributed by atoms with Gasteiger partial charge in [-0.1, -0.05) is 45.0 Å². The number of hydrogen-bond acceptors (Lipinski definition) is 4. The van der Waals surface area contributed by atoms with Crippen LogP contribution >= 0.6 is 27.3 Å². The normalized spacial score (nSPS) is 10.6. The summed E-state index contributed by atoms with van der Waals surface area (Å²) in [6.07, 6.45) is 0. The molecule has 1 heterocycles. The molecule has 1 N–H and O–H groups in total. The van der Waals surface area contributed by atoms with Crippen molar-refractivity contribution >= 4 is 48.5 Å². The first kappa shape index (κ1) is 15.0. The van der Waals surface area contributed by atoms with Gasteiger partial charge in [0.15, 0.2) is 11.7 Å². The van der Waals surface area contributed by atoms with Crippen molar-refractivity contribution in [2.75, 3.05) is 11.9 Å². The number of halogens is 1. The standard InChI is InChI=1S/C16H13BrN2O2S/c1-10-2-5-12(6-3-10)21-9-15(20)19-16-18-13-7-4-11(17)8-14(13)22-16/h2-8H,9H2,1H3,(H,18,19,20). The number of rotatable bonds is 4. The van der Waals surface area contributed by atoms with Crippen LogP contribution in [0.15, 0.2) is 46.9 Å². The summed E-state index contributed by atoms with van der Waals surface area (Å²) >= 11 is 4.85. The Balaban J connectivity index is 1.61. The van der Waals surface area contributed by atoms with Crippen molar-refractivity contribution in [3.63, 3.8) is 0 Å². The summed E-state index contributed by atoms with van der Waals surface area (Å²) in [7, 11) is 0. The van der Waals surface area contributed by atoms with E-state index in [1.165, 1.54) is 11.3 Å². The molecule has 0 unspecified atom stereocenters. The van der Waals surface area contributed by atoms with Crippen LogP contribution < -0.4 is 10.1 Å². The quantitative estimate of drug-likeness (QED) is 0.734. The molecular weight excluding hydrogens is 364 g/mol. The predicted molar refractivity (Wildman–Crippen MR) is 92.6 cm³/mol. The molecule has 1 amide bonds. The Morgan fingerprint density at radius 3 is 2.82 bits per heavy atom. The zero-order valence-electron chi connectivity index (χ0n) is 11.8. The van der Waals surface area contributed by atoms with Gasteiger partial charge >= 0.3 is 0 Å². The van der Waals surface area contributed by atoms with Crippen LogP contribution in [-0.2, 0) is 4.79 Å². The van der Waals surface area contributed by atoms with E-state index in [9.17, 15) is 4.79 Å². The molecule has 0 aliphatic heterocycles. The number of thiazole rings is 1. The van der Waals surface area contributed by atoms with E-state index < -0.39 is 0 Å². The van der Waals surface area contributed by atoms with E-state index in [0.29, 0.717) is 10.9 Å². The van der Waals surface area contributed by atoms with Gasteiger partial charge in [0, 0.05) is 4.47 Å². The van der Waals surface area contributed by atoms with E-state index in [2.05, 4.69) is 26.2 Å². The fraction of sp³-hybridized carbons (Fsp3) is 0.125. The van der Waals surface area contributed by atoms with Gasteiger partial charge in [-0.15, -0.1) is 0 Å². The zero-order valence-corrected chi connectivity index (χ0v) is 14.2. The molecule has 4 nitrogen and oxygen atoms in total. The molecule has 112 valence electrons. The average molecular weight is 377 g/mol. The fourth-order valence-corrected chi connectivity index (χ4v) is 3.32. The topological polar surface area (TPSA) is 51.2 Å². The molecule has 0 saturated carbocycles. The number of hydrogen-bond donors (Lipinski definition) is 1. The molecule has 0 aliphatic carbocycles. The SMILES string of the molecule is Cc1ccc(OCC(=O)Nc2nc3ccc(Br)cc3s2)cc1. The highest BCUT2D eigenvalue weighted by atomic mass is 79.9. The van der Waals surface area contributed by atoms with Gasteiger partial charge in [-0.05, 0) is 37.3 Å². The second-order valence-electron chi connectivity index (χ2n) is 4.78. The maximum absolute atomic E-state index is 11.9. The van der Waals surface area contributed by atoms with Crippen LogP contribution in [0.25, 0.3) is 10.2 Å². The molecule has 2 aromatic carbocycles. The first-order valence-corrected chi connectivity index (χ1v) is 8.26. The molecule has 0 aliphatic rings. The summed E-state index contributed by atoms with van der Waals surface area (Å²) < 4.78 is 7.45. The first-order valence-electron chi connectivity index (χ1n) is 6.65.